The molecule has 2 amide bonds. The molecule has 0 bridgehead atoms. The van der Waals surface area contributed by atoms with Crippen LogP contribution in [0.3, 0.4) is 0 Å². The number of ether oxygens (including phenoxy) is 2. The van der Waals surface area contributed by atoms with Crippen LogP contribution < -0.4 is 19.7 Å². The van der Waals surface area contributed by atoms with Crippen LogP contribution in [0.25, 0.3) is 0 Å². The number of amides is 2. The molecule has 1 heterocycles. The second-order valence-electron chi connectivity index (χ2n) is 7.35. The van der Waals surface area contributed by atoms with Gasteiger partial charge >= 0.3 is 0 Å². The normalized spacial score (nSPS) is 14.8. The van der Waals surface area contributed by atoms with Gasteiger partial charge in [-0.3, -0.25) is 19.7 Å². The molecule has 0 radical (unpaired) electrons. The number of nitro groups is 1. The zero-order chi connectivity index (χ0) is 23.4. The average molecular weight is 447 g/mol. The fourth-order valence-electron chi connectivity index (χ4n) is 3.43. The lowest BCUT2D eigenvalue weighted by Gasteiger charge is -2.33. The first-order valence-corrected chi connectivity index (χ1v) is 10.3. The van der Waals surface area contributed by atoms with Crippen LogP contribution in [-0.2, 0) is 4.79 Å². The number of rotatable bonds is 7. The number of carbonyl (C=O) groups excluding carboxylic acids is 2. The zero-order valence-electron chi connectivity index (χ0n) is 17.8. The Kier molecular flexibility index (Phi) is 6.21. The summed E-state index contributed by atoms with van der Waals surface area (Å²) in [6.07, 6.45) is -0.685. The molecule has 1 unspecified atom stereocenters. The third-order valence-electron chi connectivity index (χ3n) is 5.09. The highest BCUT2D eigenvalue weighted by Gasteiger charge is 2.31. The van der Waals surface area contributed by atoms with Gasteiger partial charge in [0.05, 0.1) is 17.2 Å². The van der Waals surface area contributed by atoms with E-state index in [4.69, 9.17) is 9.47 Å². The van der Waals surface area contributed by atoms with Gasteiger partial charge in [0.2, 0.25) is 0 Å². The van der Waals surface area contributed by atoms with Crippen molar-refractivity contribution in [3.05, 3.63) is 88.5 Å². The van der Waals surface area contributed by atoms with Gasteiger partial charge in [0.1, 0.15) is 18.1 Å². The smallest absolute Gasteiger partial charge is 0.269 e. The van der Waals surface area contributed by atoms with Gasteiger partial charge in [-0.2, -0.15) is 0 Å². The Bertz CT molecular complexity index is 1180. The lowest BCUT2D eigenvalue weighted by molar-refractivity contribution is -0.384. The van der Waals surface area contributed by atoms with Crippen molar-refractivity contribution < 1.29 is 24.0 Å². The van der Waals surface area contributed by atoms with Crippen LogP contribution in [0.4, 0.5) is 17.1 Å². The molecule has 0 saturated heterocycles. The highest BCUT2D eigenvalue weighted by Crippen LogP contribution is 2.36. The second-order valence-corrected chi connectivity index (χ2v) is 7.35. The van der Waals surface area contributed by atoms with Crippen LogP contribution >= 0.6 is 0 Å². The fourth-order valence-corrected chi connectivity index (χ4v) is 3.43. The quantitative estimate of drug-likeness (QED) is 0.432. The number of para-hydroxylation sites is 1. The maximum atomic E-state index is 12.7. The van der Waals surface area contributed by atoms with E-state index < -0.39 is 16.9 Å². The first-order valence-electron chi connectivity index (χ1n) is 10.3. The number of hydrogen-bond donors (Lipinski definition) is 1. The van der Waals surface area contributed by atoms with E-state index in [1.165, 1.54) is 24.3 Å². The Morgan fingerprint density at radius 3 is 2.55 bits per heavy atom. The summed E-state index contributed by atoms with van der Waals surface area (Å²) in [6, 6.07) is 19.7. The summed E-state index contributed by atoms with van der Waals surface area (Å²) in [5.41, 5.74) is 1.24. The van der Waals surface area contributed by atoms with Crippen LogP contribution in [0.2, 0.25) is 0 Å². The van der Waals surface area contributed by atoms with E-state index in [9.17, 15) is 19.7 Å². The molecule has 3 aromatic rings. The fraction of sp³-hybridized carbons (Fsp3) is 0.167. The number of nitro benzene ring substituents is 1. The minimum atomic E-state index is -0.685. The van der Waals surface area contributed by atoms with Crippen LogP contribution in [0, 0.1) is 10.1 Å². The first-order chi connectivity index (χ1) is 15.9. The maximum absolute atomic E-state index is 12.7. The van der Waals surface area contributed by atoms with E-state index >= 15 is 0 Å². The van der Waals surface area contributed by atoms with Gasteiger partial charge in [0.15, 0.2) is 6.10 Å². The summed E-state index contributed by atoms with van der Waals surface area (Å²) in [4.78, 5) is 37.1. The molecule has 0 spiro atoms. The number of hydrogen-bond acceptors (Lipinski definition) is 6. The first kappa shape index (κ1) is 21.8. The van der Waals surface area contributed by atoms with Crippen molar-refractivity contribution in [1.29, 1.82) is 0 Å². The number of nitrogens with zero attached hydrogens (tertiary/aromatic N) is 2. The van der Waals surface area contributed by atoms with E-state index in [0.717, 1.165) is 5.75 Å². The topological polar surface area (TPSA) is 111 Å². The average Bonchev–Trinajstić information content (AvgIpc) is 2.82. The van der Waals surface area contributed by atoms with Crippen LogP contribution in [0.1, 0.15) is 17.3 Å². The molecular weight excluding hydrogens is 426 g/mol. The van der Waals surface area contributed by atoms with Crippen molar-refractivity contribution in [3.63, 3.8) is 0 Å². The Labute approximate surface area is 189 Å². The summed E-state index contributed by atoms with van der Waals surface area (Å²) in [5, 5.41) is 13.5. The van der Waals surface area contributed by atoms with E-state index in [0.29, 0.717) is 30.3 Å². The number of benzene rings is 3. The summed E-state index contributed by atoms with van der Waals surface area (Å²) < 4.78 is 11.5. The van der Waals surface area contributed by atoms with Gasteiger partial charge in [-0.1, -0.05) is 18.2 Å². The highest BCUT2D eigenvalue weighted by atomic mass is 16.6. The van der Waals surface area contributed by atoms with E-state index in [1.54, 1.807) is 30.0 Å². The molecule has 1 atom stereocenters. The van der Waals surface area contributed by atoms with E-state index in [2.05, 4.69) is 5.32 Å². The summed E-state index contributed by atoms with van der Waals surface area (Å²) in [5.74, 6) is 0.582. The number of carbonyl (C=O) groups is 2. The molecule has 1 N–H and O–H groups in total. The molecule has 1 aliphatic rings. The molecule has 1 aliphatic heterocycles. The van der Waals surface area contributed by atoms with Gasteiger partial charge in [-0.05, 0) is 43.3 Å². The third kappa shape index (κ3) is 4.93. The Balaban J connectivity index is 1.46. The molecule has 0 aromatic heterocycles. The van der Waals surface area contributed by atoms with Gasteiger partial charge < -0.3 is 19.7 Å². The Hall–Kier alpha value is -4.40. The number of anilines is 2. The zero-order valence-corrected chi connectivity index (χ0v) is 17.8. The second kappa shape index (κ2) is 9.39. The van der Waals surface area contributed by atoms with Crippen molar-refractivity contribution in [2.24, 2.45) is 0 Å². The standard InChI is InChI=1S/C24H21N3O6/c1-16-24(29)26(13-14-32-20-5-3-2-4-6-20)21-12-9-18(15-22(21)33-16)25-23(28)17-7-10-19(11-8-17)27(30)31/h2-12,15-16H,13-14H2,1H3,(H,25,28). The van der Waals surface area contributed by atoms with Crippen LogP contribution in [-0.4, -0.2) is 36.0 Å². The predicted octanol–water partition coefficient (Wildman–Crippen LogP) is 4.04. The van der Waals surface area contributed by atoms with E-state index in [1.807, 2.05) is 30.3 Å². The third-order valence-corrected chi connectivity index (χ3v) is 5.09. The van der Waals surface area contributed by atoms with Gasteiger partial charge in [-0.15, -0.1) is 0 Å². The molecule has 0 aliphatic carbocycles. The summed E-state index contributed by atoms with van der Waals surface area (Å²) in [6.45, 7) is 2.31. The molecular formula is C24H21N3O6. The lowest BCUT2D eigenvalue weighted by atomic mass is 10.1. The summed E-state index contributed by atoms with van der Waals surface area (Å²) in [7, 11) is 0. The molecule has 9 nitrogen and oxygen atoms in total. The largest absolute Gasteiger partial charge is 0.492 e. The van der Waals surface area contributed by atoms with E-state index in [-0.39, 0.29) is 17.2 Å². The van der Waals surface area contributed by atoms with Gasteiger partial charge in [-0.25, -0.2) is 0 Å². The highest BCUT2D eigenvalue weighted by molar-refractivity contribution is 6.05. The maximum Gasteiger partial charge on any atom is 0.269 e. The minimum absolute atomic E-state index is 0.0938. The van der Waals surface area contributed by atoms with Crippen molar-refractivity contribution >= 4 is 28.9 Å². The molecule has 33 heavy (non-hydrogen) atoms. The van der Waals surface area contributed by atoms with Crippen LogP contribution in [0.5, 0.6) is 11.5 Å². The van der Waals surface area contributed by atoms with Gasteiger partial charge in [0, 0.05) is 29.4 Å². The molecule has 4 rings (SSSR count). The van der Waals surface area contributed by atoms with Gasteiger partial charge in [0.25, 0.3) is 17.5 Å². The summed E-state index contributed by atoms with van der Waals surface area (Å²) >= 11 is 0. The van der Waals surface area contributed by atoms with Crippen molar-refractivity contribution in [2.45, 2.75) is 13.0 Å². The number of non-ortho nitro benzene ring substituents is 1. The molecule has 3 aromatic carbocycles. The molecule has 9 heteroatoms. The minimum Gasteiger partial charge on any atom is -0.492 e. The molecule has 0 saturated carbocycles. The number of fused-ring (bicyclic) bond motifs is 1. The Morgan fingerprint density at radius 1 is 1.12 bits per heavy atom. The van der Waals surface area contributed by atoms with Crippen molar-refractivity contribution in [3.8, 4) is 11.5 Å². The van der Waals surface area contributed by atoms with Crippen LogP contribution in [0.15, 0.2) is 72.8 Å². The lowest BCUT2D eigenvalue weighted by Crippen LogP contribution is -2.46. The number of nitrogens with one attached hydrogen (secondary N) is 1. The van der Waals surface area contributed by atoms with Crippen molar-refractivity contribution in [2.75, 3.05) is 23.4 Å². The monoisotopic (exact) mass is 447 g/mol. The van der Waals surface area contributed by atoms with Crippen molar-refractivity contribution in [1.82, 2.24) is 0 Å². The predicted molar refractivity (Wildman–Crippen MR) is 122 cm³/mol. The Morgan fingerprint density at radius 2 is 1.85 bits per heavy atom. The molecule has 0 fully saturated rings. The SMILES string of the molecule is CC1Oc2cc(NC(=O)c3ccc([N+](=O)[O-])cc3)ccc2N(CCOc2ccccc2)C1=O. The molecule has 168 valence electrons.